The molecular weight excluding hydrogens is 420 g/mol. The number of hydrogen-bond acceptors (Lipinski definition) is 2. The highest BCUT2D eigenvalue weighted by atomic mass is 127. The Labute approximate surface area is 159 Å². The summed E-state index contributed by atoms with van der Waals surface area (Å²) in [6.45, 7) is 6.32. The second-order valence-electron chi connectivity index (χ2n) is 4.93. The first-order valence-electron chi connectivity index (χ1n) is 7.75. The molecule has 0 atom stereocenters. The van der Waals surface area contributed by atoms with E-state index in [1.54, 1.807) is 12.1 Å². The molecule has 0 aromatic heterocycles. The van der Waals surface area contributed by atoms with Gasteiger partial charge in [0.1, 0.15) is 17.3 Å². The van der Waals surface area contributed by atoms with Gasteiger partial charge in [0.25, 0.3) is 0 Å². The van der Waals surface area contributed by atoms with E-state index in [-0.39, 0.29) is 29.8 Å². The molecule has 2 N–H and O–H groups in total. The van der Waals surface area contributed by atoms with E-state index >= 15 is 0 Å². The van der Waals surface area contributed by atoms with Gasteiger partial charge in [0.15, 0.2) is 5.96 Å². The Kier molecular flexibility index (Phi) is 9.14. The number of nitrogens with one attached hydrogen (secondary N) is 2. The Balaban J connectivity index is 0.00000288. The van der Waals surface area contributed by atoms with Gasteiger partial charge >= 0.3 is 0 Å². The molecule has 0 bridgehead atoms. The van der Waals surface area contributed by atoms with Crippen molar-refractivity contribution >= 4 is 29.9 Å². The minimum Gasteiger partial charge on any atom is -0.457 e. The highest BCUT2D eigenvalue weighted by Crippen LogP contribution is 2.22. The normalized spacial score (nSPS) is 9.62. The second-order valence-corrected chi connectivity index (χ2v) is 4.93. The molecule has 0 amide bonds. The molecule has 0 aliphatic heterocycles. The third-order valence-corrected chi connectivity index (χ3v) is 3.08. The maximum Gasteiger partial charge on any atom is 0.191 e. The number of guanidine groups is 1. The van der Waals surface area contributed by atoms with Gasteiger partial charge in [-0.05, 0) is 55.8 Å². The minimum atomic E-state index is -0.275. The average Bonchev–Trinajstić information content (AvgIpc) is 2.56. The molecule has 0 saturated heterocycles. The fourth-order valence-corrected chi connectivity index (χ4v) is 1.98. The summed E-state index contributed by atoms with van der Waals surface area (Å²) in [5.74, 6) is 1.85. The van der Waals surface area contributed by atoms with Crippen LogP contribution in [0.1, 0.15) is 19.4 Å². The lowest BCUT2D eigenvalue weighted by Crippen LogP contribution is -2.36. The molecule has 0 saturated carbocycles. The van der Waals surface area contributed by atoms with E-state index in [1.165, 1.54) is 12.1 Å². The first-order valence-corrected chi connectivity index (χ1v) is 7.75. The number of benzene rings is 2. The first kappa shape index (κ1) is 20.2. The number of rotatable bonds is 6. The molecule has 0 fully saturated rings. The van der Waals surface area contributed by atoms with Crippen molar-refractivity contribution < 1.29 is 9.13 Å². The second kappa shape index (κ2) is 10.9. The molecule has 6 heteroatoms. The highest BCUT2D eigenvalue weighted by Gasteiger charge is 2.00. The van der Waals surface area contributed by atoms with Crippen LogP contribution in [0.4, 0.5) is 4.39 Å². The molecule has 0 heterocycles. The molecule has 4 nitrogen and oxygen atoms in total. The Morgan fingerprint density at radius 1 is 0.917 bits per heavy atom. The zero-order chi connectivity index (χ0) is 16.5. The van der Waals surface area contributed by atoms with Gasteiger partial charge < -0.3 is 15.4 Å². The summed E-state index contributed by atoms with van der Waals surface area (Å²) in [4.78, 5) is 4.51. The van der Waals surface area contributed by atoms with E-state index in [9.17, 15) is 4.39 Å². The zero-order valence-corrected chi connectivity index (χ0v) is 16.2. The van der Waals surface area contributed by atoms with Crippen LogP contribution in [0.15, 0.2) is 53.5 Å². The summed E-state index contributed by atoms with van der Waals surface area (Å²) in [7, 11) is 0. The number of ether oxygens (including phenoxy) is 1. The Bertz CT molecular complexity index is 622. The summed E-state index contributed by atoms with van der Waals surface area (Å²) in [5.41, 5.74) is 1.09. The molecule has 0 radical (unpaired) electrons. The maximum absolute atomic E-state index is 12.9. The summed E-state index contributed by atoms with van der Waals surface area (Å²) >= 11 is 0. The van der Waals surface area contributed by atoms with Crippen molar-refractivity contribution in [1.82, 2.24) is 10.6 Å². The maximum atomic E-state index is 12.9. The first-order chi connectivity index (χ1) is 11.2. The smallest absolute Gasteiger partial charge is 0.191 e. The van der Waals surface area contributed by atoms with E-state index < -0.39 is 0 Å². The van der Waals surface area contributed by atoms with Gasteiger partial charge in [-0.3, -0.25) is 0 Å². The van der Waals surface area contributed by atoms with Crippen LogP contribution in [0.5, 0.6) is 11.5 Å². The standard InChI is InChI=1S/C18H22FN3O.HI/c1-3-20-18(21-4-2)22-13-14-5-9-16(10-6-14)23-17-11-7-15(19)8-12-17;/h5-12H,3-4,13H2,1-2H3,(H2,20,21,22);1H. The van der Waals surface area contributed by atoms with E-state index in [1.807, 2.05) is 38.1 Å². The molecule has 0 aliphatic rings. The Hall–Kier alpha value is -1.83. The lowest BCUT2D eigenvalue weighted by molar-refractivity contribution is 0.480. The van der Waals surface area contributed by atoms with Crippen LogP contribution in [0.3, 0.4) is 0 Å². The fraction of sp³-hybridized carbons (Fsp3) is 0.278. The largest absolute Gasteiger partial charge is 0.457 e. The van der Waals surface area contributed by atoms with Crippen LogP contribution in [0.25, 0.3) is 0 Å². The van der Waals surface area contributed by atoms with Gasteiger partial charge in [0, 0.05) is 13.1 Å². The SMILES string of the molecule is CCNC(=NCc1ccc(Oc2ccc(F)cc2)cc1)NCC.I. The van der Waals surface area contributed by atoms with Gasteiger partial charge in [-0.1, -0.05) is 12.1 Å². The molecule has 2 aromatic rings. The molecule has 2 rings (SSSR count). The summed E-state index contributed by atoms with van der Waals surface area (Å²) in [6.07, 6.45) is 0. The van der Waals surface area contributed by atoms with Crippen molar-refractivity contribution in [3.63, 3.8) is 0 Å². The van der Waals surface area contributed by atoms with Crippen molar-refractivity contribution in [1.29, 1.82) is 0 Å². The molecule has 24 heavy (non-hydrogen) atoms. The Morgan fingerprint density at radius 3 is 1.92 bits per heavy atom. The molecule has 0 unspecified atom stereocenters. The fourth-order valence-electron chi connectivity index (χ4n) is 1.98. The number of aliphatic imine (C=N–C) groups is 1. The summed E-state index contributed by atoms with van der Waals surface area (Å²) in [6, 6.07) is 13.7. The van der Waals surface area contributed by atoms with Crippen LogP contribution < -0.4 is 15.4 Å². The van der Waals surface area contributed by atoms with Gasteiger partial charge in [-0.2, -0.15) is 0 Å². The van der Waals surface area contributed by atoms with Crippen LogP contribution >= 0.6 is 24.0 Å². The van der Waals surface area contributed by atoms with E-state index in [2.05, 4.69) is 15.6 Å². The average molecular weight is 443 g/mol. The predicted octanol–water partition coefficient (Wildman–Crippen LogP) is 4.31. The molecular formula is C18H23FIN3O. The molecule has 130 valence electrons. The lowest BCUT2D eigenvalue weighted by atomic mass is 10.2. The summed E-state index contributed by atoms with van der Waals surface area (Å²) < 4.78 is 18.5. The van der Waals surface area contributed by atoms with E-state index in [0.29, 0.717) is 18.0 Å². The van der Waals surface area contributed by atoms with Crippen LogP contribution in [0, 0.1) is 5.82 Å². The van der Waals surface area contributed by atoms with Crippen molar-refractivity contribution in [3.8, 4) is 11.5 Å². The van der Waals surface area contributed by atoms with Crippen molar-refractivity contribution in [3.05, 3.63) is 59.9 Å². The lowest BCUT2D eigenvalue weighted by Gasteiger charge is -2.09. The van der Waals surface area contributed by atoms with Gasteiger partial charge in [-0.15, -0.1) is 24.0 Å². The quantitative estimate of drug-likeness (QED) is 0.398. The van der Waals surface area contributed by atoms with Crippen molar-refractivity contribution in [2.24, 2.45) is 4.99 Å². The molecule has 2 aromatic carbocycles. The van der Waals surface area contributed by atoms with Crippen molar-refractivity contribution in [2.75, 3.05) is 13.1 Å². The van der Waals surface area contributed by atoms with Crippen LogP contribution in [0.2, 0.25) is 0 Å². The Morgan fingerprint density at radius 2 is 1.42 bits per heavy atom. The topological polar surface area (TPSA) is 45.7 Å². The highest BCUT2D eigenvalue weighted by molar-refractivity contribution is 14.0. The molecule has 0 spiro atoms. The predicted molar refractivity (Wildman–Crippen MR) is 107 cm³/mol. The van der Waals surface area contributed by atoms with Crippen molar-refractivity contribution in [2.45, 2.75) is 20.4 Å². The third-order valence-electron chi connectivity index (χ3n) is 3.08. The minimum absolute atomic E-state index is 0. The number of nitrogens with zero attached hydrogens (tertiary/aromatic N) is 1. The van der Waals surface area contributed by atoms with Crippen LogP contribution in [-0.4, -0.2) is 19.0 Å². The van der Waals surface area contributed by atoms with Gasteiger partial charge in [0.05, 0.1) is 6.54 Å². The van der Waals surface area contributed by atoms with Gasteiger partial charge in [0.2, 0.25) is 0 Å². The number of halogens is 2. The third kappa shape index (κ3) is 6.74. The zero-order valence-electron chi connectivity index (χ0n) is 13.9. The molecule has 0 aliphatic carbocycles. The van der Waals surface area contributed by atoms with Crippen LogP contribution in [-0.2, 0) is 6.54 Å². The monoisotopic (exact) mass is 443 g/mol. The van der Waals surface area contributed by atoms with E-state index in [0.717, 1.165) is 24.6 Å². The number of hydrogen-bond donors (Lipinski definition) is 2. The summed E-state index contributed by atoms with van der Waals surface area (Å²) in [5, 5.41) is 6.37. The van der Waals surface area contributed by atoms with Gasteiger partial charge in [-0.25, -0.2) is 9.38 Å². The van der Waals surface area contributed by atoms with E-state index in [4.69, 9.17) is 4.74 Å².